The summed E-state index contributed by atoms with van der Waals surface area (Å²) in [5.74, 6) is -1.01. The van der Waals surface area contributed by atoms with Crippen molar-refractivity contribution in [1.29, 1.82) is 0 Å². The summed E-state index contributed by atoms with van der Waals surface area (Å²) in [5.41, 5.74) is 9.69. The van der Waals surface area contributed by atoms with Crippen LogP contribution < -0.4 is 5.73 Å². The van der Waals surface area contributed by atoms with Gasteiger partial charge in [-0.3, -0.25) is 15.1 Å². The number of ether oxygens (including phenoxy) is 3. The molecule has 10 heteroatoms. The molecule has 0 aliphatic heterocycles. The van der Waals surface area contributed by atoms with Crippen molar-refractivity contribution < 1.29 is 32.0 Å². The molecule has 1 heterocycles. The van der Waals surface area contributed by atoms with Crippen molar-refractivity contribution in [3.63, 3.8) is 0 Å². The van der Waals surface area contributed by atoms with Gasteiger partial charge in [-0.1, -0.05) is 66.2 Å². The molecule has 1 unspecified atom stereocenters. The van der Waals surface area contributed by atoms with Crippen molar-refractivity contribution in [3.05, 3.63) is 95.6 Å². The van der Waals surface area contributed by atoms with E-state index in [0.717, 1.165) is 33.3 Å². The average Bonchev–Trinajstić information content (AvgIpc) is 2.94. The molecule has 1 atom stereocenters. The Bertz CT molecular complexity index is 1650. The van der Waals surface area contributed by atoms with E-state index in [2.05, 4.69) is 0 Å². The molecule has 3 aromatic carbocycles. The second-order valence-corrected chi connectivity index (χ2v) is 12.3. The smallest absolute Gasteiger partial charge is 0.315 e. The van der Waals surface area contributed by atoms with Gasteiger partial charge in [-0.05, 0) is 62.9 Å². The lowest BCUT2D eigenvalue weighted by Gasteiger charge is -2.24. The number of fused-ring (bicyclic) bond motifs is 1. The molecule has 9 nitrogen and oxygen atoms in total. The minimum absolute atomic E-state index is 0.113. The zero-order chi connectivity index (χ0) is 31.0. The third-order valence-corrected chi connectivity index (χ3v) is 7.74. The summed E-state index contributed by atoms with van der Waals surface area (Å²) in [7, 11) is -4.31. The predicted molar refractivity (Wildman–Crippen MR) is 165 cm³/mol. The molecule has 1 aromatic heterocycles. The molecule has 3 N–H and O–H groups in total. The molecule has 4 aromatic rings. The molecule has 0 bridgehead atoms. The Kier molecular flexibility index (Phi) is 10.6. The van der Waals surface area contributed by atoms with Crippen molar-refractivity contribution in [2.24, 2.45) is 5.73 Å². The highest BCUT2D eigenvalue weighted by Gasteiger charge is 2.27. The summed E-state index contributed by atoms with van der Waals surface area (Å²) in [6.45, 7) is 6.21. The minimum Gasteiger partial charge on any atom is -0.444 e. The number of aromatic nitrogens is 1. The molecule has 0 radical (unpaired) electrons. The van der Waals surface area contributed by atoms with E-state index in [4.69, 9.17) is 24.9 Å². The van der Waals surface area contributed by atoms with E-state index < -0.39 is 27.7 Å². The van der Waals surface area contributed by atoms with Crippen molar-refractivity contribution in [2.45, 2.75) is 50.2 Å². The molecule has 228 valence electrons. The highest BCUT2D eigenvalue weighted by molar-refractivity contribution is 7.85. The molecular weight excluding hydrogens is 568 g/mol. The van der Waals surface area contributed by atoms with Crippen molar-refractivity contribution >= 4 is 27.0 Å². The van der Waals surface area contributed by atoms with Gasteiger partial charge >= 0.3 is 5.97 Å². The van der Waals surface area contributed by atoms with Crippen LogP contribution in [-0.4, -0.2) is 56.1 Å². The van der Waals surface area contributed by atoms with Crippen LogP contribution in [0.4, 0.5) is 0 Å². The van der Waals surface area contributed by atoms with Crippen molar-refractivity contribution in [3.8, 4) is 11.3 Å². The van der Waals surface area contributed by atoms with Gasteiger partial charge in [-0.15, -0.1) is 0 Å². The summed E-state index contributed by atoms with van der Waals surface area (Å²) < 4.78 is 49.6. The molecule has 0 saturated carbocycles. The molecule has 0 aliphatic carbocycles. The van der Waals surface area contributed by atoms with Gasteiger partial charge in [-0.2, -0.15) is 8.42 Å². The predicted octanol–water partition coefficient (Wildman–Crippen LogP) is 5.44. The summed E-state index contributed by atoms with van der Waals surface area (Å²) in [6.07, 6.45) is 0.702. The number of nitrogens with two attached hydrogens (primary N) is 1. The fraction of sp³-hybridized carbons (Fsp3) is 0.333. The Morgan fingerprint density at radius 3 is 2.33 bits per heavy atom. The van der Waals surface area contributed by atoms with E-state index in [-0.39, 0.29) is 31.3 Å². The number of para-hydroxylation sites is 1. The normalized spacial score (nSPS) is 12.8. The minimum atomic E-state index is -4.31. The van der Waals surface area contributed by atoms with Gasteiger partial charge in [0.25, 0.3) is 10.1 Å². The number of carbonyl (C=O) groups excluding carboxylic acids is 1. The number of benzene rings is 3. The maximum absolute atomic E-state index is 13.1. The first-order valence-electron chi connectivity index (χ1n) is 14.1. The Labute approximate surface area is 252 Å². The monoisotopic (exact) mass is 606 g/mol. The number of nitrogens with zero attached hydrogens (tertiary/aromatic N) is 1. The van der Waals surface area contributed by atoms with Crippen molar-refractivity contribution in [2.75, 3.05) is 26.4 Å². The molecule has 0 aliphatic rings. The molecular formula is C33H38N2O7S. The number of carbonyl (C=O) groups is 1. The van der Waals surface area contributed by atoms with Crippen LogP contribution in [0.15, 0.2) is 83.8 Å². The second-order valence-electron chi connectivity index (χ2n) is 10.9. The molecule has 0 fully saturated rings. The van der Waals surface area contributed by atoms with E-state index in [1.54, 1.807) is 26.0 Å². The Balaban J connectivity index is 1.31. The van der Waals surface area contributed by atoms with E-state index >= 15 is 0 Å². The van der Waals surface area contributed by atoms with Gasteiger partial charge in [0.05, 0.1) is 41.8 Å². The van der Waals surface area contributed by atoms with Crippen LogP contribution in [0.5, 0.6) is 0 Å². The number of pyridine rings is 1. The van der Waals surface area contributed by atoms with Gasteiger partial charge in [0, 0.05) is 17.6 Å². The standard InChI is InChI=1S/C33H38N2O7S/c1-23-8-15-31(43(37,38)39)27(22-23)16-18-40-20-21-41-19-17-28(32(36)42-33(2,3)34)24-9-11-26(12-10-24)30-14-13-25-6-4-5-7-29(25)35-30/h4-15,22,28H,16-21,34H2,1-3H3,(H,37,38,39). The number of rotatable bonds is 14. The summed E-state index contributed by atoms with van der Waals surface area (Å²) in [4.78, 5) is 17.7. The molecule has 43 heavy (non-hydrogen) atoms. The van der Waals surface area contributed by atoms with Gasteiger partial charge in [0.15, 0.2) is 5.72 Å². The number of aryl methyl sites for hydroxylation is 1. The molecule has 0 saturated heterocycles. The van der Waals surface area contributed by atoms with Crippen LogP contribution in [0.2, 0.25) is 0 Å². The lowest BCUT2D eigenvalue weighted by molar-refractivity contribution is -0.158. The molecule has 0 spiro atoms. The van der Waals surface area contributed by atoms with Gasteiger partial charge in [-0.25, -0.2) is 4.98 Å². The van der Waals surface area contributed by atoms with Gasteiger partial charge in [0.2, 0.25) is 0 Å². The van der Waals surface area contributed by atoms with E-state index in [1.807, 2.05) is 67.6 Å². The maximum atomic E-state index is 13.1. The van der Waals surface area contributed by atoms with E-state index in [1.165, 1.54) is 6.07 Å². The van der Waals surface area contributed by atoms with Crippen LogP contribution >= 0.6 is 0 Å². The topological polar surface area (TPSA) is 138 Å². The first-order chi connectivity index (χ1) is 20.4. The van der Waals surface area contributed by atoms with Crippen LogP contribution in [0.1, 0.15) is 42.9 Å². The van der Waals surface area contributed by atoms with Crippen molar-refractivity contribution in [1.82, 2.24) is 4.98 Å². The SMILES string of the molecule is Cc1ccc(S(=O)(=O)O)c(CCOCCOCCC(C(=O)OC(C)(C)N)c2ccc(-c3ccc4ccccc4n3)cc2)c1. The largest absolute Gasteiger partial charge is 0.444 e. The number of hydrogen-bond donors (Lipinski definition) is 2. The van der Waals surface area contributed by atoms with Gasteiger partial charge < -0.3 is 14.2 Å². The Morgan fingerprint density at radius 2 is 1.63 bits per heavy atom. The van der Waals surface area contributed by atoms with Crippen LogP contribution in [0.25, 0.3) is 22.2 Å². The fourth-order valence-corrected chi connectivity index (χ4v) is 5.46. The Morgan fingerprint density at radius 1 is 0.930 bits per heavy atom. The quantitative estimate of drug-likeness (QED) is 0.0831. The fourth-order valence-electron chi connectivity index (χ4n) is 4.72. The highest BCUT2D eigenvalue weighted by Crippen LogP contribution is 2.27. The van der Waals surface area contributed by atoms with Crippen LogP contribution in [0, 0.1) is 6.92 Å². The second kappa shape index (κ2) is 14.2. The zero-order valence-corrected chi connectivity index (χ0v) is 25.5. The maximum Gasteiger partial charge on any atom is 0.315 e. The third-order valence-electron chi connectivity index (χ3n) is 6.79. The lowest BCUT2D eigenvalue weighted by atomic mass is 9.94. The van der Waals surface area contributed by atoms with Crippen LogP contribution in [0.3, 0.4) is 0 Å². The summed E-state index contributed by atoms with van der Waals surface area (Å²) in [6, 6.07) is 24.4. The number of hydrogen-bond acceptors (Lipinski definition) is 8. The van der Waals surface area contributed by atoms with Gasteiger partial charge in [0.1, 0.15) is 0 Å². The third kappa shape index (κ3) is 9.41. The van der Waals surface area contributed by atoms with E-state index in [0.29, 0.717) is 18.4 Å². The number of esters is 1. The molecule has 0 amide bonds. The highest BCUT2D eigenvalue weighted by atomic mass is 32.2. The summed E-state index contributed by atoms with van der Waals surface area (Å²) >= 11 is 0. The first-order valence-corrected chi connectivity index (χ1v) is 15.5. The summed E-state index contributed by atoms with van der Waals surface area (Å²) in [5, 5.41) is 1.07. The first kappa shape index (κ1) is 32.2. The molecule has 4 rings (SSSR count). The Hall–Kier alpha value is -3.67. The average molecular weight is 607 g/mol. The zero-order valence-electron chi connectivity index (χ0n) is 24.7. The van der Waals surface area contributed by atoms with Crippen LogP contribution in [-0.2, 0) is 35.5 Å². The van der Waals surface area contributed by atoms with E-state index in [9.17, 15) is 17.8 Å². The lowest BCUT2D eigenvalue weighted by Crippen LogP contribution is -2.39.